The molecule has 0 radical (unpaired) electrons. The van der Waals surface area contributed by atoms with E-state index in [1.165, 1.54) is 11.1 Å². The predicted molar refractivity (Wildman–Crippen MR) is 75.4 cm³/mol. The molecule has 94 valence electrons. The Morgan fingerprint density at radius 1 is 1.11 bits per heavy atom. The summed E-state index contributed by atoms with van der Waals surface area (Å²) in [7, 11) is 0. The van der Waals surface area contributed by atoms with E-state index in [9.17, 15) is 0 Å². The Balaban J connectivity index is 2.10. The molecule has 0 amide bonds. The van der Waals surface area contributed by atoms with E-state index in [2.05, 4.69) is 53.6 Å². The predicted octanol–water partition coefficient (Wildman–Crippen LogP) is 3.37. The third-order valence-electron chi connectivity index (χ3n) is 3.01. The molecule has 0 bridgehead atoms. The van der Waals surface area contributed by atoms with Crippen LogP contribution in [0.15, 0.2) is 54.9 Å². The van der Waals surface area contributed by atoms with Gasteiger partial charge in [0, 0.05) is 18.4 Å². The molecule has 2 rings (SSSR count). The molecule has 0 aliphatic rings. The minimum atomic E-state index is 0.371. The molecule has 1 heterocycles. The second kappa shape index (κ2) is 6.92. The Labute approximate surface area is 109 Å². The van der Waals surface area contributed by atoms with Gasteiger partial charge in [0.15, 0.2) is 0 Å². The van der Waals surface area contributed by atoms with Gasteiger partial charge in [0.05, 0.1) is 0 Å². The maximum Gasteiger partial charge on any atom is 0.0361 e. The number of nitrogens with zero attached hydrogens (tertiary/aromatic N) is 1. The van der Waals surface area contributed by atoms with Gasteiger partial charge in [-0.2, -0.15) is 0 Å². The van der Waals surface area contributed by atoms with Gasteiger partial charge in [0.2, 0.25) is 0 Å². The summed E-state index contributed by atoms with van der Waals surface area (Å²) in [6.45, 7) is 3.24. The van der Waals surface area contributed by atoms with Crippen molar-refractivity contribution in [3.05, 3.63) is 66.0 Å². The summed E-state index contributed by atoms with van der Waals surface area (Å²) >= 11 is 0. The zero-order chi connectivity index (χ0) is 12.6. The summed E-state index contributed by atoms with van der Waals surface area (Å²) in [5.41, 5.74) is 2.62. The van der Waals surface area contributed by atoms with E-state index in [1.807, 2.05) is 18.5 Å². The number of benzene rings is 1. The smallest absolute Gasteiger partial charge is 0.0361 e. The molecule has 0 fully saturated rings. The summed E-state index contributed by atoms with van der Waals surface area (Å²) in [4.78, 5) is 4.18. The van der Waals surface area contributed by atoms with Crippen molar-refractivity contribution in [2.45, 2.75) is 25.8 Å². The molecule has 0 aliphatic carbocycles. The van der Waals surface area contributed by atoms with E-state index in [-0.39, 0.29) is 0 Å². The normalized spacial score (nSPS) is 12.3. The van der Waals surface area contributed by atoms with Crippen LogP contribution in [0.3, 0.4) is 0 Å². The van der Waals surface area contributed by atoms with E-state index in [4.69, 9.17) is 0 Å². The molecule has 2 nitrogen and oxygen atoms in total. The van der Waals surface area contributed by atoms with Crippen LogP contribution in [0.4, 0.5) is 0 Å². The van der Waals surface area contributed by atoms with E-state index in [1.54, 1.807) is 0 Å². The molecule has 0 saturated carbocycles. The molecule has 1 N–H and O–H groups in total. The minimum Gasteiger partial charge on any atom is -0.310 e. The van der Waals surface area contributed by atoms with Crippen molar-refractivity contribution in [3.8, 4) is 0 Å². The van der Waals surface area contributed by atoms with E-state index in [0.717, 1.165) is 19.4 Å². The Morgan fingerprint density at radius 3 is 2.61 bits per heavy atom. The van der Waals surface area contributed by atoms with Crippen LogP contribution in [-0.2, 0) is 6.42 Å². The topological polar surface area (TPSA) is 24.9 Å². The molecular weight excluding hydrogens is 220 g/mol. The highest BCUT2D eigenvalue weighted by atomic mass is 14.9. The average molecular weight is 240 g/mol. The molecule has 0 aliphatic heterocycles. The van der Waals surface area contributed by atoms with Crippen molar-refractivity contribution in [1.82, 2.24) is 10.3 Å². The van der Waals surface area contributed by atoms with Crippen molar-refractivity contribution in [1.29, 1.82) is 0 Å². The second-order valence-corrected chi connectivity index (χ2v) is 4.48. The van der Waals surface area contributed by atoms with E-state index >= 15 is 0 Å². The number of rotatable bonds is 6. The lowest BCUT2D eigenvalue weighted by Crippen LogP contribution is -2.24. The van der Waals surface area contributed by atoms with Gasteiger partial charge in [-0.3, -0.25) is 4.98 Å². The van der Waals surface area contributed by atoms with E-state index in [0.29, 0.717) is 6.04 Å². The Bertz CT molecular complexity index is 439. The third-order valence-corrected chi connectivity index (χ3v) is 3.01. The molecule has 1 aromatic carbocycles. The van der Waals surface area contributed by atoms with Gasteiger partial charge in [-0.05, 0) is 36.6 Å². The van der Waals surface area contributed by atoms with Crippen LogP contribution in [0.1, 0.15) is 30.5 Å². The summed E-state index contributed by atoms with van der Waals surface area (Å²) < 4.78 is 0. The van der Waals surface area contributed by atoms with Crippen molar-refractivity contribution in [2.75, 3.05) is 6.54 Å². The van der Waals surface area contributed by atoms with Crippen LogP contribution in [-0.4, -0.2) is 11.5 Å². The van der Waals surface area contributed by atoms with Crippen LogP contribution in [0, 0.1) is 0 Å². The van der Waals surface area contributed by atoms with Crippen LogP contribution in [0.5, 0.6) is 0 Å². The van der Waals surface area contributed by atoms with Crippen molar-refractivity contribution in [3.63, 3.8) is 0 Å². The van der Waals surface area contributed by atoms with Crippen molar-refractivity contribution < 1.29 is 0 Å². The average Bonchev–Trinajstić information content (AvgIpc) is 2.45. The lowest BCUT2D eigenvalue weighted by atomic mass is 10.00. The molecular formula is C16H20N2. The first-order chi connectivity index (χ1) is 8.90. The van der Waals surface area contributed by atoms with Crippen LogP contribution >= 0.6 is 0 Å². The lowest BCUT2D eigenvalue weighted by Gasteiger charge is -2.19. The molecule has 0 spiro atoms. The fraction of sp³-hybridized carbons (Fsp3) is 0.312. The zero-order valence-corrected chi connectivity index (χ0v) is 10.8. The number of hydrogen-bond donors (Lipinski definition) is 1. The zero-order valence-electron chi connectivity index (χ0n) is 10.8. The molecule has 1 atom stereocenters. The van der Waals surface area contributed by atoms with Crippen molar-refractivity contribution >= 4 is 0 Å². The van der Waals surface area contributed by atoms with Gasteiger partial charge in [0.1, 0.15) is 0 Å². The number of pyridine rings is 1. The molecule has 2 aromatic rings. The maximum absolute atomic E-state index is 4.18. The highest BCUT2D eigenvalue weighted by molar-refractivity contribution is 5.22. The molecule has 1 aromatic heterocycles. The summed E-state index contributed by atoms with van der Waals surface area (Å²) in [6, 6.07) is 15.1. The minimum absolute atomic E-state index is 0.371. The summed E-state index contributed by atoms with van der Waals surface area (Å²) in [6.07, 6.45) is 5.90. The van der Waals surface area contributed by atoms with Gasteiger partial charge >= 0.3 is 0 Å². The SMILES string of the molecule is CCCNC(Cc1cccnc1)c1ccccc1. The van der Waals surface area contributed by atoms with Crippen LogP contribution in [0.2, 0.25) is 0 Å². The van der Waals surface area contributed by atoms with Gasteiger partial charge in [-0.25, -0.2) is 0 Å². The van der Waals surface area contributed by atoms with Crippen LogP contribution < -0.4 is 5.32 Å². The molecule has 1 unspecified atom stereocenters. The quantitative estimate of drug-likeness (QED) is 0.837. The largest absolute Gasteiger partial charge is 0.310 e. The van der Waals surface area contributed by atoms with Crippen LogP contribution in [0.25, 0.3) is 0 Å². The monoisotopic (exact) mass is 240 g/mol. The first kappa shape index (κ1) is 12.8. The molecule has 2 heteroatoms. The Morgan fingerprint density at radius 2 is 1.94 bits per heavy atom. The van der Waals surface area contributed by atoms with Gasteiger partial charge < -0.3 is 5.32 Å². The maximum atomic E-state index is 4.18. The Kier molecular flexibility index (Phi) is 4.91. The summed E-state index contributed by atoms with van der Waals surface area (Å²) in [5, 5.41) is 3.61. The highest BCUT2D eigenvalue weighted by Crippen LogP contribution is 2.17. The standard InChI is InChI=1S/C16H20N2/c1-2-10-18-16(15-8-4-3-5-9-15)12-14-7-6-11-17-13-14/h3-9,11,13,16,18H,2,10,12H2,1H3. The van der Waals surface area contributed by atoms with E-state index < -0.39 is 0 Å². The number of hydrogen-bond acceptors (Lipinski definition) is 2. The summed E-state index contributed by atoms with van der Waals surface area (Å²) in [5.74, 6) is 0. The van der Waals surface area contributed by atoms with Crippen molar-refractivity contribution in [2.24, 2.45) is 0 Å². The second-order valence-electron chi connectivity index (χ2n) is 4.48. The van der Waals surface area contributed by atoms with Gasteiger partial charge in [0.25, 0.3) is 0 Å². The number of aromatic nitrogens is 1. The molecule has 0 saturated heterocycles. The van der Waals surface area contributed by atoms with Gasteiger partial charge in [-0.15, -0.1) is 0 Å². The third kappa shape index (κ3) is 3.67. The first-order valence-corrected chi connectivity index (χ1v) is 6.57. The highest BCUT2D eigenvalue weighted by Gasteiger charge is 2.10. The fourth-order valence-electron chi connectivity index (χ4n) is 2.07. The first-order valence-electron chi connectivity index (χ1n) is 6.57. The number of nitrogens with one attached hydrogen (secondary N) is 1. The van der Waals surface area contributed by atoms with Gasteiger partial charge in [-0.1, -0.05) is 43.3 Å². The molecule has 18 heavy (non-hydrogen) atoms. The fourth-order valence-corrected chi connectivity index (χ4v) is 2.07. The Hall–Kier alpha value is -1.67. The lowest BCUT2D eigenvalue weighted by molar-refractivity contribution is 0.529.